The van der Waals surface area contributed by atoms with Crippen molar-refractivity contribution in [2.24, 2.45) is 0 Å². The van der Waals surface area contributed by atoms with Crippen LogP contribution >= 0.6 is 0 Å². The Morgan fingerprint density at radius 2 is 2.00 bits per heavy atom. The van der Waals surface area contributed by atoms with E-state index in [-0.39, 0.29) is 17.0 Å². The maximum absolute atomic E-state index is 11.7. The molecule has 0 radical (unpaired) electrons. The molecule has 0 aliphatic heterocycles. The normalized spacial score (nSPS) is 12.8. The van der Waals surface area contributed by atoms with Crippen LogP contribution in [0.15, 0.2) is 23.1 Å². The van der Waals surface area contributed by atoms with Crippen molar-refractivity contribution in [1.82, 2.24) is 5.32 Å². The number of amides is 2. The first-order valence-corrected chi connectivity index (χ1v) is 8.01. The minimum Gasteiger partial charge on any atom is -0.335 e. The van der Waals surface area contributed by atoms with Gasteiger partial charge in [-0.25, -0.2) is 13.2 Å². The first-order valence-electron chi connectivity index (χ1n) is 6.12. The van der Waals surface area contributed by atoms with Crippen LogP contribution in [0.2, 0.25) is 0 Å². The smallest absolute Gasteiger partial charge is 0.319 e. The molecule has 0 aromatic heterocycles. The van der Waals surface area contributed by atoms with Gasteiger partial charge in [0.2, 0.25) is 0 Å². The summed E-state index contributed by atoms with van der Waals surface area (Å²) in [5.41, 5.74) is 1.32. The van der Waals surface area contributed by atoms with Gasteiger partial charge < -0.3 is 10.6 Å². The summed E-state index contributed by atoms with van der Waals surface area (Å²) in [5, 5.41) is 5.44. The summed E-state index contributed by atoms with van der Waals surface area (Å²) in [6, 6.07) is 4.42. The first-order chi connectivity index (χ1) is 8.74. The Bertz CT molecular complexity index is 567. The van der Waals surface area contributed by atoms with Crippen LogP contribution in [0.4, 0.5) is 10.5 Å². The summed E-state index contributed by atoms with van der Waals surface area (Å²) in [4.78, 5) is 11.9. The van der Waals surface area contributed by atoms with Crippen LogP contribution in [-0.2, 0) is 9.84 Å². The molecule has 1 aromatic carbocycles. The maximum Gasteiger partial charge on any atom is 0.319 e. The highest BCUT2D eigenvalue weighted by atomic mass is 32.2. The van der Waals surface area contributed by atoms with Crippen molar-refractivity contribution < 1.29 is 13.2 Å². The molecule has 1 aromatic rings. The van der Waals surface area contributed by atoms with E-state index in [2.05, 4.69) is 10.6 Å². The molecule has 0 saturated carbocycles. The minimum atomic E-state index is -3.28. The molecule has 19 heavy (non-hydrogen) atoms. The summed E-state index contributed by atoms with van der Waals surface area (Å²) < 4.78 is 23.0. The van der Waals surface area contributed by atoms with E-state index >= 15 is 0 Å². The van der Waals surface area contributed by atoms with Crippen LogP contribution in [0.25, 0.3) is 0 Å². The molecule has 0 aliphatic rings. The molecule has 2 amide bonds. The van der Waals surface area contributed by atoms with E-state index < -0.39 is 9.84 Å². The minimum absolute atomic E-state index is 0.0680. The number of rotatable bonds is 4. The summed E-state index contributed by atoms with van der Waals surface area (Å²) in [6.45, 7) is 5.69. The number of sulfone groups is 1. The monoisotopic (exact) mass is 284 g/mol. The molecule has 5 nitrogen and oxygen atoms in total. The van der Waals surface area contributed by atoms with Crippen molar-refractivity contribution in [3.8, 4) is 0 Å². The van der Waals surface area contributed by atoms with Gasteiger partial charge in [-0.3, -0.25) is 0 Å². The lowest BCUT2D eigenvalue weighted by atomic mass is 10.2. The van der Waals surface area contributed by atoms with Crippen molar-refractivity contribution in [2.75, 3.05) is 11.6 Å². The molecule has 1 unspecified atom stereocenters. The molecule has 0 fully saturated rings. The van der Waals surface area contributed by atoms with E-state index in [9.17, 15) is 13.2 Å². The zero-order chi connectivity index (χ0) is 14.6. The third-order valence-electron chi connectivity index (χ3n) is 2.88. The van der Waals surface area contributed by atoms with Crippen molar-refractivity contribution in [1.29, 1.82) is 0 Å². The van der Waals surface area contributed by atoms with E-state index in [0.29, 0.717) is 5.69 Å². The Labute approximate surface area is 114 Å². The second-order valence-corrected chi connectivity index (χ2v) is 6.67. The molecule has 0 heterocycles. The Balaban J connectivity index is 2.92. The Kier molecular flexibility index (Phi) is 4.94. The van der Waals surface area contributed by atoms with Crippen LogP contribution in [0.1, 0.15) is 25.8 Å². The van der Waals surface area contributed by atoms with Crippen LogP contribution in [0, 0.1) is 6.92 Å². The lowest BCUT2D eigenvalue weighted by Crippen LogP contribution is -2.35. The van der Waals surface area contributed by atoms with Gasteiger partial charge in [0.15, 0.2) is 9.84 Å². The van der Waals surface area contributed by atoms with E-state index in [1.807, 2.05) is 20.8 Å². The predicted octanol–water partition coefficient (Wildman–Crippen LogP) is 2.32. The van der Waals surface area contributed by atoms with Crippen molar-refractivity contribution in [2.45, 2.75) is 38.1 Å². The van der Waals surface area contributed by atoms with Crippen LogP contribution in [-0.4, -0.2) is 26.7 Å². The van der Waals surface area contributed by atoms with Gasteiger partial charge in [-0.1, -0.05) is 13.0 Å². The topological polar surface area (TPSA) is 75.3 Å². The SMILES string of the molecule is CCC(C)NC(=O)Nc1cc(S(C)(=O)=O)ccc1C. The second-order valence-electron chi connectivity index (χ2n) is 4.66. The number of urea groups is 1. The van der Waals surface area contributed by atoms with Gasteiger partial charge in [0.1, 0.15) is 0 Å². The number of aryl methyl sites for hydroxylation is 1. The van der Waals surface area contributed by atoms with Gasteiger partial charge in [0.05, 0.1) is 4.90 Å². The number of hydrogen-bond acceptors (Lipinski definition) is 3. The number of anilines is 1. The van der Waals surface area contributed by atoms with E-state index in [4.69, 9.17) is 0 Å². The third-order valence-corrected chi connectivity index (χ3v) is 3.99. The van der Waals surface area contributed by atoms with Gasteiger partial charge in [-0.2, -0.15) is 0 Å². The molecular weight excluding hydrogens is 264 g/mol. The van der Waals surface area contributed by atoms with Crippen LogP contribution < -0.4 is 10.6 Å². The first kappa shape index (κ1) is 15.5. The fraction of sp³-hybridized carbons (Fsp3) is 0.462. The van der Waals surface area contributed by atoms with Gasteiger partial charge >= 0.3 is 6.03 Å². The predicted molar refractivity (Wildman–Crippen MR) is 76.2 cm³/mol. The lowest BCUT2D eigenvalue weighted by Gasteiger charge is -2.14. The summed E-state index contributed by atoms with van der Waals surface area (Å²) in [6.07, 6.45) is 1.97. The molecule has 1 atom stereocenters. The quantitative estimate of drug-likeness (QED) is 0.891. The summed E-state index contributed by atoms with van der Waals surface area (Å²) in [5.74, 6) is 0. The average molecular weight is 284 g/mol. The maximum atomic E-state index is 11.7. The van der Waals surface area contributed by atoms with E-state index in [1.54, 1.807) is 6.07 Å². The largest absolute Gasteiger partial charge is 0.335 e. The van der Waals surface area contributed by atoms with Gasteiger partial charge in [0.25, 0.3) is 0 Å². The fourth-order valence-electron chi connectivity index (χ4n) is 1.45. The molecule has 0 aliphatic carbocycles. The zero-order valence-corrected chi connectivity index (χ0v) is 12.5. The molecule has 0 spiro atoms. The van der Waals surface area contributed by atoms with Gasteiger partial charge in [-0.15, -0.1) is 0 Å². The highest BCUT2D eigenvalue weighted by Gasteiger charge is 2.12. The average Bonchev–Trinajstić information content (AvgIpc) is 2.30. The van der Waals surface area contributed by atoms with Crippen molar-refractivity contribution in [3.63, 3.8) is 0 Å². The molecular formula is C13H20N2O3S. The third kappa shape index (κ3) is 4.55. The highest BCUT2D eigenvalue weighted by Crippen LogP contribution is 2.20. The van der Waals surface area contributed by atoms with Gasteiger partial charge in [0, 0.05) is 18.0 Å². The van der Waals surface area contributed by atoms with E-state index in [1.165, 1.54) is 12.1 Å². The molecule has 2 N–H and O–H groups in total. The number of benzene rings is 1. The summed E-state index contributed by atoms with van der Waals surface area (Å²) >= 11 is 0. The van der Waals surface area contributed by atoms with Crippen molar-refractivity contribution in [3.05, 3.63) is 23.8 Å². The zero-order valence-electron chi connectivity index (χ0n) is 11.6. The lowest BCUT2D eigenvalue weighted by molar-refractivity contribution is 0.249. The van der Waals surface area contributed by atoms with Crippen LogP contribution in [0.5, 0.6) is 0 Å². The number of hydrogen-bond donors (Lipinski definition) is 2. The molecule has 0 saturated heterocycles. The Morgan fingerprint density at radius 1 is 1.37 bits per heavy atom. The van der Waals surface area contributed by atoms with E-state index in [0.717, 1.165) is 18.2 Å². The number of nitrogens with one attached hydrogen (secondary N) is 2. The van der Waals surface area contributed by atoms with Crippen LogP contribution in [0.3, 0.4) is 0 Å². The summed E-state index contributed by atoms with van der Waals surface area (Å²) in [7, 11) is -3.28. The number of carbonyl (C=O) groups excluding carboxylic acids is 1. The molecule has 106 valence electrons. The Morgan fingerprint density at radius 3 is 2.53 bits per heavy atom. The molecule has 6 heteroatoms. The second kappa shape index (κ2) is 6.06. The molecule has 0 bridgehead atoms. The fourth-order valence-corrected chi connectivity index (χ4v) is 2.10. The molecule has 1 rings (SSSR count). The highest BCUT2D eigenvalue weighted by molar-refractivity contribution is 7.90. The van der Waals surface area contributed by atoms with Gasteiger partial charge in [-0.05, 0) is 38.0 Å². The standard InChI is InChI=1S/C13H20N2O3S/c1-5-10(3)14-13(16)15-12-8-11(19(4,17)18)7-6-9(12)2/h6-8,10H,5H2,1-4H3,(H2,14,15,16). The Hall–Kier alpha value is -1.56. The van der Waals surface area contributed by atoms with Crippen molar-refractivity contribution >= 4 is 21.6 Å². The number of carbonyl (C=O) groups is 1.